The molecule has 0 radical (unpaired) electrons. The molecule has 4 aromatic rings. The highest BCUT2D eigenvalue weighted by Gasteiger charge is 2.35. The molecule has 1 fully saturated rings. The predicted octanol–water partition coefficient (Wildman–Crippen LogP) is 5.89. The molecule has 0 bridgehead atoms. The van der Waals surface area contributed by atoms with Crippen molar-refractivity contribution >= 4 is 46.2 Å². The summed E-state index contributed by atoms with van der Waals surface area (Å²) in [6, 6.07) is 20.4. The van der Waals surface area contributed by atoms with E-state index in [2.05, 4.69) is 5.32 Å². The molecule has 1 aliphatic rings. The predicted molar refractivity (Wildman–Crippen MR) is 128 cm³/mol. The smallest absolute Gasteiger partial charge is 0.333 e. The van der Waals surface area contributed by atoms with E-state index < -0.39 is 11.9 Å². The van der Waals surface area contributed by atoms with Crippen molar-refractivity contribution in [3.63, 3.8) is 0 Å². The number of nitrogens with one attached hydrogen (secondary N) is 1. The van der Waals surface area contributed by atoms with Crippen molar-refractivity contribution in [3.05, 3.63) is 106 Å². The van der Waals surface area contributed by atoms with Crippen LogP contribution in [-0.2, 0) is 11.3 Å². The van der Waals surface area contributed by atoms with Gasteiger partial charge in [0.2, 0.25) is 0 Å². The van der Waals surface area contributed by atoms with E-state index >= 15 is 0 Å². The van der Waals surface area contributed by atoms with Crippen LogP contribution in [-0.4, -0.2) is 16.5 Å². The Bertz CT molecular complexity index is 1460. The van der Waals surface area contributed by atoms with Crippen molar-refractivity contribution in [2.75, 3.05) is 4.90 Å². The molecule has 1 saturated heterocycles. The van der Waals surface area contributed by atoms with Gasteiger partial charge in [0, 0.05) is 32.7 Å². The fraction of sp³-hybridized carbons (Fsp3) is 0.0769. The SMILES string of the molecule is Cc1c(C=C2NC(=O)N(c3cccc(Cl)c3)C2=O)c2ccccc2n1Cc1ccccc1F. The molecule has 7 heteroatoms. The van der Waals surface area contributed by atoms with Gasteiger partial charge in [0.25, 0.3) is 5.91 Å². The lowest BCUT2D eigenvalue weighted by Crippen LogP contribution is -2.30. The molecule has 0 atom stereocenters. The Kier molecular flexibility index (Phi) is 5.23. The highest BCUT2D eigenvalue weighted by atomic mass is 35.5. The van der Waals surface area contributed by atoms with Crippen LogP contribution in [0.3, 0.4) is 0 Å². The number of benzene rings is 3. The number of carbonyl (C=O) groups is 2. The molecule has 0 aliphatic carbocycles. The molecular weight excluding hydrogens is 441 g/mol. The highest BCUT2D eigenvalue weighted by molar-refractivity contribution is 6.32. The van der Waals surface area contributed by atoms with Crippen molar-refractivity contribution < 1.29 is 14.0 Å². The van der Waals surface area contributed by atoms with Gasteiger partial charge in [-0.1, -0.05) is 54.1 Å². The van der Waals surface area contributed by atoms with Crippen LogP contribution in [0, 0.1) is 12.7 Å². The molecule has 0 spiro atoms. The minimum absolute atomic E-state index is 0.164. The summed E-state index contributed by atoms with van der Waals surface area (Å²) < 4.78 is 16.3. The van der Waals surface area contributed by atoms with E-state index in [1.165, 1.54) is 6.07 Å². The number of carbonyl (C=O) groups excluding carboxylic acids is 2. The summed E-state index contributed by atoms with van der Waals surface area (Å²) in [5.74, 6) is -0.738. The molecule has 5 nitrogen and oxygen atoms in total. The Morgan fingerprint density at radius 3 is 2.55 bits per heavy atom. The molecule has 2 heterocycles. The topological polar surface area (TPSA) is 54.3 Å². The number of imide groups is 1. The summed E-state index contributed by atoms with van der Waals surface area (Å²) >= 11 is 6.04. The Labute approximate surface area is 194 Å². The van der Waals surface area contributed by atoms with Crippen LogP contribution in [0.15, 0.2) is 78.5 Å². The van der Waals surface area contributed by atoms with Crippen molar-refractivity contribution in [1.29, 1.82) is 0 Å². The van der Waals surface area contributed by atoms with Crippen LogP contribution >= 0.6 is 11.6 Å². The fourth-order valence-corrected chi connectivity index (χ4v) is 4.35. The van der Waals surface area contributed by atoms with Gasteiger partial charge in [-0.05, 0) is 43.3 Å². The van der Waals surface area contributed by atoms with E-state index in [-0.39, 0.29) is 11.5 Å². The van der Waals surface area contributed by atoms with E-state index in [1.54, 1.807) is 48.5 Å². The standard InChI is InChI=1S/C26H19ClFN3O2/c1-16-21(14-23-25(32)31(26(33)29-23)19-9-6-8-18(27)13-19)20-10-3-5-12-24(20)30(16)15-17-7-2-4-11-22(17)28/h2-14H,15H2,1H3,(H,29,33). The molecule has 0 saturated carbocycles. The maximum absolute atomic E-state index is 14.3. The number of amides is 3. The van der Waals surface area contributed by atoms with Crippen LogP contribution in [0.5, 0.6) is 0 Å². The number of fused-ring (bicyclic) bond motifs is 1. The number of halogens is 2. The van der Waals surface area contributed by atoms with Gasteiger partial charge in [-0.2, -0.15) is 0 Å². The van der Waals surface area contributed by atoms with Crippen molar-refractivity contribution in [3.8, 4) is 0 Å². The molecule has 3 amide bonds. The Morgan fingerprint density at radius 2 is 1.76 bits per heavy atom. The number of aromatic nitrogens is 1. The Morgan fingerprint density at radius 1 is 1.00 bits per heavy atom. The molecule has 1 aromatic heterocycles. The lowest BCUT2D eigenvalue weighted by atomic mass is 10.1. The second kappa shape index (κ2) is 8.22. The van der Waals surface area contributed by atoms with Crippen molar-refractivity contribution in [2.45, 2.75) is 13.5 Å². The summed E-state index contributed by atoms with van der Waals surface area (Å²) in [4.78, 5) is 26.8. The van der Waals surface area contributed by atoms with Crippen molar-refractivity contribution in [2.24, 2.45) is 0 Å². The van der Waals surface area contributed by atoms with E-state index in [9.17, 15) is 14.0 Å². The van der Waals surface area contributed by atoms with E-state index in [1.807, 2.05) is 35.8 Å². The second-order valence-corrected chi connectivity index (χ2v) is 8.24. The molecule has 33 heavy (non-hydrogen) atoms. The lowest BCUT2D eigenvalue weighted by molar-refractivity contribution is -0.113. The van der Waals surface area contributed by atoms with Gasteiger partial charge >= 0.3 is 6.03 Å². The lowest BCUT2D eigenvalue weighted by Gasteiger charge is -2.11. The number of rotatable bonds is 4. The van der Waals surface area contributed by atoms with Crippen molar-refractivity contribution in [1.82, 2.24) is 9.88 Å². The first kappa shape index (κ1) is 21.0. The first-order chi connectivity index (χ1) is 15.9. The maximum Gasteiger partial charge on any atom is 0.333 e. The third-order valence-corrected chi connectivity index (χ3v) is 6.03. The average molecular weight is 460 g/mol. The van der Waals surface area contributed by atoms with Crippen LogP contribution < -0.4 is 10.2 Å². The van der Waals surface area contributed by atoms with E-state index in [0.717, 1.165) is 27.1 Å². The van der Waals surface area contributed by atoms with Gasteiger partial charge in [-0.15, -0.1) is 0 Å². The average Bonchev–Trinajstić information content (AvgIpc) is 3.23. The monoisotopic (exact) mass is 459 g/mol. The van der Waals surface area contributed by atoms with Gasteiger partial charge in [0.1, 0.15) is 11.5 Å². The Hall–Kier alpha value is -3.90. The number of hydrogen-bond acceptors (Lipinski definition) is 2. The third-order valence-electron chi connectivity index (χ3n) is 5.80. The normalized spacial score (nSPS) is 15.0. The number of para-hydroxylation sites is 1. The van der Waals surface area contributed by atoms with Crippen LogP contribution in [0.1, 0.15) is 16.8 Å². The van der Waals surface area contributed by atoms with Gasteiger partial charge in [0.05, 0.1) is 12.2 Å². The summed E-state index contributed by atoms with van der Waals surface area (Å²) in [7, 11) is 0. The fourth-order valence-electron chi connectivity index (χ4n) is 4.17. The summed E-state index contributed by atoms with van der Waals surface area (Å²) in [6.45, 7) is 2.26. The second-order valence-electron chi connectivity index (χ2n) is 7.80. The summed E-state index contributed by atoms with van der Waals surface area (Å²) in [5, 5.41) is 4.00. The maximum atomic E-state index is 14.3. The molecule has 0 unspecified atom stereocenters. The molecule has 164 valence electrons. The van der Waals surface area contributed by atoms with E-state index in [0.29, 0.717) is 22.8 Å². The van der Waals surface area contributed by atoms with Crippen LogP contribution in [0.4, 0.5) is 14.9 Å². The third kappa shape index (κ3) is 3.68. The summed E-state index contributed by atoms with van der Waals surface area (Å²) in [5.41, 5.74) is 3.68. The zero-order chi connectivity index (χ0) is 23.1. The zero-order valence-electron chi connectivity index (χ0n) is 17.7. The molecular formula is C26H19ClFN3O2. The van der Waals surface area contributed by atoms with Gasteiger partial charge in [-0.25, -0.2) is 14.1 Å². The van der Waals surface area contributed by atoms with Gasteiger partial charge < -0.3 is 9.88 Å². The number of nitrogens with zero attached hydrogens (tertiary/aromatic N) is 2. The molecule has 5 rings (SSSR count). The molecule has 1 N–H and O–H groups in total. The number of anilines is 1. The van der Waals surface area contributed by atoms with Crippen LogP contribution in [0.25, 0.3) is 17.0 Å². The largest absolute Gasteiger partial charge is 0.340 e. The summed E-state index contributed by atoms with van der Waals surface area (Å²) in [6.07, 6.45) is 1.68. The van der Waals surface area contributed by atoms with Gasteiger partial charge in [0.15, 0.2) is 0 Å². The first-order valence-electron chi connectivity index (χ1n) is 10.4. The molecule has 3 aromatic carbocycles. The Balaban J connectivity index is 1.58. The minimum Gasteiger partial charge on any atom is -0.340 e. The van der Waals surface area contributed by atoms with Crippen LogP contribution in [0.2, 0.25) is 5.02 Å². The minimum atomic E-state index is -0.540. The number of urea groups is 1. The zero-order valence-corrected chi connectivity index (χ0v) is 18.4. The van der Waals surface area contributed by atoms with E-state index in [4.69, 9.17) is 11.6 Å². The van der Waals surface area contributed by atoms with Gasteiger partial charge in [-0.3, -0.25) is 4.79 Å². The quantitative estimate of drug-likeness (QED) is 0.305. The molecule has 1 aliphatic heterocycles. The first-order valence-corrected chi connectivity index (χ1v) is 10.8. The number of hydrogen-bond donors (Lipinski definition) is 1. The highest BCUT2D eigenvalue weighted by Crippen LogP contribution is 2.31.